The maximum absolute atomic E-state index is 11.7. The first-order chi connectivity index (χ1) is 53.3. The van der Waals surface area contributed by atoms with Crippen LogP contribution in [0.2, 0.25) is 0 Å². The van der Waals surface area contributed by atoms with Gasteiger partial charge in [-0.3, -0.25) is 0 Å². The van der Waals surface area contributed by atoms with Crippen molar-refractivity contribution in [2.45, 2.75) is 157 Å². The van der Waals surface area contributed by atoms with Gasteiger partial charge in [0.05, 0.1) is 86.2 Å². The number of para-hydroxylation sites is 2. The second-order valence-corrected chi connectivity index (χ2v) is 36.8. The summed E-state index contributed by atoms with van der Waals surface area (Å²) >= 11 is 7.68. The molecule has 0 saturated heterocycles. The van der Waals surface area contributed by atoms with Gasteiger partial charge in [-0.15, -0.1) is 0 Å². The lowest BCUT2D eigenvalue weighted by Gasteiger charge is -2.47. The molecular weight excluding hydrogens is 1210 g/mol. The van der Waals surface area contributed by atoms with Gasteiger partial charge < -0.3 is 23.5 Å². The molecule has 0 saturated carbocycles. The van der Waals surface area contributed by atoms with Gasteiger partial charge in [-0.25, -0.2) is 0 Å². The van der Waals surface area contributed by atoms with Crippen molar-refractivity contribution < 1.29 is 24.7 Å². The van der Waals surface area contributed by atoms with Gasteiger partial charge in [0.1, 0.15) is 0 Å². The second-order valence-electron chi connectivity index (χ2n) is 32.6. The maximum Gasteiger partial charge on any atom is 0.0668 e. The summed E-state index contributed by atoms with van der Waals surface area (Å²) in [6.45, 7) is 37.5. The molecule has 7 heteroatoms. The molecule has 2 aliphatic heterocycles. The average molecular weight is 1320 g/mol. The molecule has 0 aliphatic carbocycles. The number of nitrogens with zero attached hydrogens (tertiary/aromatic N) is 5. The zero-order valence-corrected chi connectivity index (χ0v) is 60.2. The summed E-state index contributed by atoms with van der Waals surface area (Å²) in [5.41, 5.74) is 2.18. The van der Waals surface area contributed by atoms with E-state index in [9.17, 15) is 21.9 Å². The van der Waals surface area contributed by atoms with Crippen LogP contribution in [0.1, 0.15) is 183 Å². The topological polar surface area (TPSA) is 21.3 Å². The molecule has 0 radical (unpaired) electrons. The van der Waals surface area contributed by atoms with E-state index in [0.29, 0.717) is 43.9 Å². The third-order valence-electron chi connectivity index (χ3n) is 19.9. The highest BCUT2D eigenvalue weighted by molar-refractivity contribution is 8.26. The summed E-state index contributed by atoms with van der Waals surface area (Å²) in [5, 5.41) is 3.15. The zero-order valence-electron chi connectivity index (χ0n) is 76.5. The molecule has 14 aromatic rings. The Morgan fingerprint density at radius 3 is 0.866 bits per heavy atom. The first-order valence-corrected chi connectivity index (χ1v) is 36.2. The second kappa shape index (κ2) is 21.3. The summed E-state index contributed by atoms with van der Waals surface area (Å²) in [7, 11) is 0. The van der Waals surface area contributed by atoms with Gasteiger partial charge in [-0.1, -0.05) is 221 Å². The quantitative estimate of drug-likeness (QED) is 0.160. The Morgan fingerprint density at radius 1 is 0.278 bits per heavy atom. The van der Waals surface area contributed by atoms with E-state index in [4.69, 9.17) is 14.5 Å². The van der Waals surface area contributed by atoms with Crippen molar-refractivity contribution in [1.29, 1.82) is 0 Å². The fourth-order valence-electron chi connectivity index (χ4n) is 14.3. The Bertz CT molecular complexity index is 6230. The van der Waals surface area contributed by atoms with Crippen LogP contribution in [0.15, 0.2) is 218 Å². The molecule has 0 fully saturated rings. The summed E-state index contributed by atoms with van der Waals surface area (Å²) in [6.07, 6.45) is 0. The van der Waals surface area contributed by atoms with Crippen molar-refractivity contribution in [2.24, 2.45) is 0 Å². The van der Waals surface area contributed by atoms with E-state index < -0.39 is 170 Å². The molecule has 3 aromatic heterocycles. The van der Waals surface area contributed by atoms with Gasteiger partial charge in [-0.2, -0.15) is 0 Å². The van der Waals surface area contributed by atoms with Crippen molar-refractivity contribution in [3.8, 4) is 17.1 Å². The van der Waals surface area contributed by atoms with Crippen LogP contribution in [-0.4, -0.2) is 13.7 Å². The largest absolute Gasteiger partial charge is 0.309 e. The molecule has 0 atom stereocenters. The highest BCUT2D eigenvalue weighted by atomic mass is 32.4. The van der Waals surface area contributed by atoms with Crippen LogP contribution < -0.4 is 25.7 Å². The summed E-state index contributed by atoms with van der Waals surface area (Å²) in [4.78, 5) is 2.32. The monoisotopic (exact) mass is 1320 g/mol. The van der Waals surface area contributed by atoms with E-state index in [2.05, 4.69) is 107 Å². The van der Waals surface area contributed by atoms with Crippen molar-refractivity contribution >= 4 is 133 Å². The Balaban J connectivity index is 1.20. The molecule has 486 valence electrons. The van der Waals surface area contributed by atoms with E-state index in [1.54, 1.807) is 13.7 Å². The molecule has 5 heterocycles. The first kappa shape index (κ1) is 45.6. The lowest BCUT2D eigenvalue weighted by Crippen LogP contribution is -2.43. The molecule has 0 unspecified atom stereocenters. The fraction of sp³-hybridized carbons (Fsp3) is 0.267. The Hall–Kier alpha value is -8.93. The predicted molar refractivity (Wildman–Crippen MR) is 424 cm³/mol. The number of rotatable bonds is 5. The fourth-order valence-corrected chi connectivity index (χ4v) is 18.5. The van der Waals surface area contributed by atoms with Crippen molar-refractivity contribution in [3.63, 3.8) is 0 Å². The summed E-state index contributed by atoms with van der Waals surface area (Å²) in [5.74, 6) is 0. The predicted octanol–water partition coefficient (Wildman–Crippen LogP) is 24.1. The number of hydrogen-bond acceptors (Lipinski definition) is 3. The third kappa shape index (κ3) is 9.84. The van der Waals surface area contributed by atoms with Crippen LogP contribution in [0.4, 0.5) is 34.1 Å². The Labute approximate surface area is 604 Å². The lowest BCUT2D eigenvalue weighted by atomic mass is 9.85. The van der Waals surface area contributed by atoms with E-state index in [1.807, 2.05) is 126 Å². The first-order valence-electron chi connectivity index (χ1n) is 42.4. The normalized spacial score (nSPS) is 17.0. The highest BCUT2D eigenvalue weighted by Crippen LogP contribution is 2.63. The van der Waals surface area contributed by atoms with Crippen molar-refractivity contribution in [1.82, 2.24) is 13.7 Å². The van der Waals surface area contributed by atoms with E-state index in [1.165, 1.54) is 0 Å². The van der Waals surface area contributed by atoms with Gasteiger partial charge in [0.15, 0.2) is 0 Å². The molecule has 2 aliphatic rings. The highest BCUT2D eigenvalue weighted by Gasteiger charge is 2.47. The van der Waals surface area contributed by atoms with Crippen molar-refractivity contribution in [3.05, 3.63) is 251 Å². The van der Waals surface area contributed by atoms with Crippen LogP contribution in [0.5, 0.6) is 0 Å². The van der Waals surface area contributed by atoms with Gasteiger partial charge in [0, 0.05) is 77.0 Å². The Morgan fingerprint density at radius 2 is 0.557 bits per heavy atom. The van der Waals surface area contributed by atoms with Crippen LogP contribution >= 0.6 is 6.04 Å². The van der Waals surface area contributed by atoms with E-state index in [-0.39, 0.29) is 44.0 Å². The maximum atomic E-state index is 11.7. The smallest absolute Gasteiger partial charge is 0.0668 e. The number of fused-ring (bicyclic) bond motifs is 13. The summed E-state index contributed by atoms with van der Waals surface area (Å²) < 4.78 is 194. The Kier molecular flexibility index (Phi) is 10.00. The van der Waals surface area contributed by atoms with Crippen LogP contribution in [-0.2, 0) is 44.3 Å². The van der Waals surface area contributed by atoms with Gasteiger partial charge in [-0.05, 0) is 199 Å². The number of anilines is 6. The minimum atomic E-state index is -5.01. The molecule has 0 spiro atoms. The SMILES string of the molecule is [2H]c1c([2H])c([2H])c(N2c3c([2H])c(-n4c5ccc(C(C)(C)C)cc5c5cc(C(C)(C)C)ccc54)c([2H])c([2H])c3P3(=S)c4c([2H])c([2H])c(-n5c6ccc(C(C)(C)C)cc6c6cc(C(C)(C)C)ccc65)c([2H])c4N(c4c([2H])c([2H])c([2H])c([2H])c4[2H])c4c([2H])c(-n5c6cc(C(C)(C)C)ccc6c6ccc(C(C)(C)C)cc65)c([2H])c2c43)c([2H])c1[2H]. The van der Waals surface area contributed by atoms with E-state index in [0.717, 1.165) is 64.7 Å². The number of aromatic nitrogens is 3. The van der Waals surface area contributed by atoms with Crippen LogP contribution in [0.25, 0.3) is 82.5 Å². The number of benzene rings is 11. The van der Waals surface area contributed by atoms with Gasteiger partial charge >= 0.3 is 0 Å². The van der Waals surface area contributed by atoms with Gasteiger partial charge in [0.2, 0.25) is 0 Å². The van der Waals surface area contributed by atoms with Crippen molar-refractivity contribution in [2.75, 3.05) is 9.80 Å². The van der Waals surface area contributed by atoms with Gasteiger partial charge in [0.25, 0.3) is 0 Å². The molecule has 0 bridgehead atoms. The molecule has 11 aromatic carbocycles. The molecule has 16 rings (SSSR count). The molecular formula is C90H90N5PS. The average Bonchev–Trinajstić information content (AvgIpc) is 1.06. The van der Waals surface area contributed by atoms with E-state index >= 15 is 0 Å². The third-order valence-corrected chi connectivity index (χ3v) is 24.5. The summed E-state index contributed by atoms with van der Waals surface area (Å²) in [6, 6.07) is 17.5. The zero-order chi connectivity index (χ0) is 83.8. The van der Waals surface area contributed by atoms with Crippen LogP contribution in [0.3, 0.4) is 0 Å². The standard InChI is InChI=1S/C90H90N5PS/c1-85(2,3)55-31-39-72-68(45-55)69-46-56(86(4,5)6)32-40-73(69)93(72)63-35-43-82-78(51-63)91(61-25-21-19-22-26-61)80-53-65(95-76-49-59(89(13,14)15)29-37-66(76)67-38-30-60(50-77(67)95)90(16,17)18)54-81-84(80)96(82,97)83-44-36-64(52-79(83)92(81)62-27-23-20-24-28-62)94-74-41-33-57(87(7,8)9)47-70(74)71-48-58(88(10,11)12)34-42-75(71)94/h19-54H,1-18H3/i19D,20D,21D,22D,23D,24D,25D,26D,27D,28D,35D,36D,43D,44D,51D,52D,53D,54D. The lowest BCUT2D eigenvalue weighted by molar-refractivity contribution is 0.590. The minimum absolute atomic E-state index is 0.216. The molecule has 0 amide bonds. The molecule has 0 N–H and O–H groups in total. The van der Waals surface area contributed by atoms with Crippen LogP contribution in [0, 0.1) is 0 Å². The minimum Gasteiger partial charge on any atom is -0.309 e. The number of hydrogen-bond donors (Lipinski definition) is 0. The molecule has 97 heavy (non-hydrogen) atoms. The molecule has 5 nitrogen and oxygen atoms in total.